The Labute approximate surface area is 274 Å². The van der Waals surface area contributed by atoms with Crippen molar-refractivity contribution in [2.75, 3.05) is 33.4 Å². The molecule has 4 rings (SSSR count). The average Bonchev–Trinajstić information content (AvgIpc) is 3.05. The Bertz CT molecular complexity index is 1690. The van der Waals surface area contributed by atoms with Crippen molar-refractivity contribution in [2.45, 2.75) is 40.5 Å². The zero-order valence-electron chi connectivity index (χ0n) is 26.5. The van der Waals surface area contributed by atoms with Gasteiger partial charge in [-0.3, -0.25) is 4.79 Å². The van der Waals surface area contributed by atoms with Crippen molar-refractivity contribution in [1.82, 2.24) is 20.6 Å². The number of aromatic nitrogens is 2. The number of ether oxygens (including phenoxy) is 4. The molecule has 0 saturated heterocycles. The second-order valence-electron chi connectivity index (χ2n) is 10.4. The average molecular weight is 644 g/mol. The number of halogens is 1. The molecule has 0 aliphatic carbocycles. The van der Waals surface area contributed by atoms with E-state index in [0.29, 0.717) is 56.8 Å². The van der Waals surface area contributed by atoms with Crippen molar-refractivity contribution in [1.29, 1.82) is 5.26 Å². The van der Waals surface area contributed by atoms with Gasteiger partial charge in [0.15, 0.2) is 0 Å². The summed E-state index contributed by atoms with van der Waals surface area (Å²) in [4.78, 5) is 19.6. The Morgan fingerprint density at radius 1 is 0.848 bits per heavy atom. The summed E-state index contributed by atoms with van der Waals surface area (Å²) in [5.74, 6) is 1.11. The molecule has 0 spiro atoms. The van der Waals surface area contributed by atoms with E-state index >= 15 is 0 Å². The molecule has 0 radical (unpaired) electrons. The maximum absolute atomic E-state index is 11.0. The molecule has 0 saturated carbocycles. The molecule has 2 N–H and O–H groups in total. The predicted octanol–water partition coefficient (Wildman–Crippen LogP) is 5.69. The summed E-state index contributed by atoms with van der Waals surface area (Å²) in [6.07, 6.45) is 0. The first kappa shape index (κ1) is 34.2. The van der Waals surface area contributed by atoms with Crippen LogP contribution < -0.4 is 24.8 Å². The van der Waals surface area contributed by atoms with E-state index in [4.69, 9.17) is 30.5 Å². The van der Waals surface area contributed by atoms with Crippen LogP contribution in [0.1, 0.15) is 40.3 Å². The van der Waals surface area contributed by atoms with Gasteiger partial charge in [0.25, 0.3) is 0 Å². The van der Waals surface area contributed by atoms with Crippen LogP contribution in [0.25, 0.3) is 11.1 Å². The summed E-state index contributed by atoms with van der Waals surface area (Å²) in [7, 11) is 1.58. The van der Waals surface area contributed by atoms with E-state index in [1.54, 1.807) is 19.2 Å². The van der Waals surface area contributed by atoms with E-state index in [-0.39, 0.29) is 23.5 Å². The highest BCUT2D eigenvalue weighted by atomic mass is 35.5. The first-order valence-electron chi connectivity index (χ1n) is 14.9. The molecular weight excluding hydrogens is 606 g/mol. The van der Waals surface area contributed by atoms with Gasteiger partial charge in [-0.2, -0.15) is 10.2 Å². The maximum Gasteiger partial charge on any atom is 0.233 e. The molecule has 4 aromatic rings. The van der Waals surface area contributed by atoms with Gasteiger partial charge in [0.2, 0.25) is 23.5 Å². The molecule has 240 valence electrons. The predicted molar refractivity (Wildman–Crippen MR) is 176 cm³/mol. The lowest BCUT2D eigenvalue weighted by molar-refractivity contribution is -0.118. The van der Waals surface area contributed by atoms with Gasteiger partial charge in [0.05, 0.1) is 20.3 Å². The highest BCUT2D eigenvalue weighted by molar-refractivity contribution is 6.29. The molecular formula is C35H38ClN5O5. The normalized spacial score (nSPS) is 10.7. The van der Waals surface area contributed by atoms with Crippen LogP contribution in [0.3, 0.4) is 0 Å². The Morgan fingerprint density at radius 3 is 2.24 bits per heavy atom. The van der Waals surface area contributed by atoms with Crippen LogP contribution in [-0.4, -0.2) is 49.3 Å². The van der Waals surface area contributed by atoms with Crippen molar-refractivity contribution in [3.63, 3.8) is 0 Å². The number of amides is 1. The minimum absolute atomic E-state index is 0.0544. The van der Waals surface area contributed by atoms with Crippen LogP contribution in [0.5, 0.6) is 17.6 Å². The maximum atomic E-state index is 11.0. The Balaban J connectivity index is 1.35. The SMILES string of the molecule is COc1nc(OCc2cccc(-c3cccc(COCCOc4nc(Cl)ccc4C#N)c3C)c2C)ccc1CNCCNC(C)=O. The third-order valence-electron chi connectivity index (χ3n) is 7.33. The van der Waals surface area contributed by atoms with Gasteiger partial charge in [-0.15, -0.1) is 0 Å². The highest BCUT2D eigenvalue weighted by Crippen LogP contribution is 2.31. The molecule has 0 aliphatic rings. The smallest absolute Gasteiger partial charge is 0.233 e. The zero-order valence-corrected chi connectivity index (χ0v) is 27.2. The molecule has 1 amide bonds. The molecule has 11 heteroatoms. The molecule has 0 bridgehead atoms. The van der Waals surface area contributed by atoms with Crippen LogP contribution >= 0.6 is 11.6 Å². The van der Waals surface area contributed by atoms with E-state index in [9.17, 15) is 10.1 Å². The van der Waals surface area contributed by atoms with Gasteiger partial charge in [-0.25, -0.2) is 4.98 Å². The monoisotopic (exact) mass is 643 g/mol. The van der Waals surface area contributed by atoms with Crippen LogP contribution in [0.4, 0.5) is 0 Å². The van der Waals surface area contributed by atoms with Crippen molar-refractivity contribution in [2.24, 2.45) is 0 Å². The number of hydrogen-bond acceptors (Lipinski definition) is 9. The summed E-state index contributed by atoms with van der Waals surface area (Å²) < 4.78 is 23.1. The molecule has 0 fully saturated rings. The van der Waals surface area contributed by atoms with Crippen molar-refractivity contribution < 1.29 is 23.7 Å². The molecule has 0 aliphatic heterocycles. The third kappa shape index (κ3) is 9.41. The lowest BCUT2D eigenvalue weighted by atomic mass is 9.92. The van der Waals surface area contributed by atoms with E-state index in [2.05, 4.69) is 58.7 Å². The van der Waals surface area contributed by atoms with Crippen LogP contribution in [0, 0.1) is 25.2 Å². The topological polar surface area (TPSA) is 128 Å². The molecule has 0 atom stereocenters. The van der Waals surface area contributed by atoms with E-state index in [1.165, 1.54) is 6.92 Å². The number of methoxy groups -OCH3 is 1. The third-order valence-corrected chi connectivity index (χ3v) is 7.54. The number of benzene rings is 2. The number of nitrogens with zero attached hydrogens (tertiary/aromatic N) is 3. The minimum atomic E-state index is -0.0544. The van der Waals surface area contributed by atoms with E-state index < -0.39 is 0 Å². The fraction of sp³-hybridized carbons (Fsp3) is 0.314. The van der Waals surface area contributed by atoms with Gasteiger partial charge >= 0.3 is 0 Å². The van der Waals surface area contributed by atoms with E-state index in [1.807, 2.05) is 30.3 Å². The standard InChI is InChI=1S/C35H38ClN5O5/c1-23-28(21-44-17-18-45-35-26(19-37)11-13-32(36)40-35)7-5-9-30(23)31-10-6-8-29(24(31)2)22-46-33-14-12-27(34(41-33)43-4)20-38-15-16-39-25(3)42/h5-14,38H,15-18,20-22H2,1-4H3,(H,39,42). The molecule has 2 aromatic carbocycles. The second-order valence-corrected chi connectivity index (χ2v) is 10.8. The van der Waals surface area contributed by atoms with Crippen LogP contribution in [0.15, 0.2) is 60.7 Å². The van der Waals surface area contributed by atoms with Crippen molar-refractivity contribution in [3.8, 4) is 34.8 Å². The molecule has 0 unspecified atom stereocenters. The number of rotatable bonds is 16. The Hall–Kier alpha value is -4.69. The van der Waals surface area contributed by atoms with Gasteiger partial charge in [0, 0.05) is 38.2 Å². The Morgan fingerprint density at radius 2 is 1.57 bits per heavy atom. The number of carbonyl (C=O) groups excluding carboxylic acids is 1. The van der Waals surface area contributed by atoms with Gasteiger partial charge in [-0.05, 0) is 65.4 Å². The van der Waals surface area contributed by atoms with Gasteiger partial charge < -0.3 is 29.6 Å². The van der Waals surface area contributed by atoms with Crippen LogP contribution in [-0.2, 0) is 29.3 Å². The Kier molecular flexibility index (Phi) is 12.7. The summed E-state index contributed by atoms with van der Waals surface area (Å²) in [6.45, 7) is 8.74. The summed E-state index contributed by atoms with van der Waals surface area (Å²) in [5.41, 5.74) is 7.82. The molecule has 2 aromatic heterocycles. The number of nitriles is 1. The highest BCUT2D eigenvalue weighted by Gasteiger charge is 2.13. The summed E-state index contributed by atoms with van der Waals surface area (Å²) in [6, 6.07) is 21.3. The van der Waals surface area contributed by atoms with E-state index in [0.717, 1.165) is 38.9 Å². The molecule has 2 heterocycles. The molecule has 10 nitrogen and oxygen atoms in total. The van der Waals surface area contributed by atoms with Crippen molar-refractivity contribution in [3.05, 3.63) is 99.2 Å². The number of pyridine rings is 2. The molecule has 46 heavy (non-hydrogen) atoms. The first-order valence-corrected chi connectivity index (χ1v) is 15.2. The van der Waals surface area contributed by atoms with Crippen molar-refractivity contribution >= 4 is 17.5 Å². The quantitative estimate of drug-likeness (QED) is 0.117. The minimum Gasteiger partial charge on any atom is -0.481 e. The van der Waals surface area contributed by atoms with Gasteiger partial charge in [-0.1, -0.05) is 48.0 Å². The van der Waals surface area contributed by atoms with Gasteiger partial charge in [0.1, 0.15) is 30.0 Å². The number of hydrogen-bond donors (Lipinski definition) is 2. The number of nitrogens with one attached hydrogen (secondary N) is 2. The lowest BCUT2D eigenvalue weighted by Gasteiger charge is -2.17. The second kappa shape index (κ2) is 17.1. The van der Waals surface area contributed by atoms with Crippen LogP contribution in [0.2, 0.25) is 5.15 Å². The fourth-order valence-electron chi connectivity index (χ4n) is 4.80. The largest absolute Gasteiger partial charge is 0.481 e. The fourth-order valence-corrected chi connectivity index (χ4v) is 4.94. The zero-order chi connectivity index (χ0) is 32.9. The summed E-state index contributed by atoms with van der Waals surface area (Å²) >= 11 is 5.93. The first-order chi connectivity index (χ1) is 22.3. The summed E-state index contributed by atoms with van der Waals surface area (Å²) in [5, 5.41) is 15.5. The lowest BCUT2D eigenvalue weighted by Crippen LogP contribution is -2.30. The number of carbonyl (C=O) groups is 1.